The summed E-state index contributed by atoms with van der Waals surface area (Å²) in [6.07, 6.45) is 5.93. The first-order chi connectivity index (χ1) is 9.31. The lowest BCUT2D eigenvalue weighted by Gasteiger charge is -2.32. The summed E-state index contributed by atoms with van der Waals surface area (Å²) >= 11 is 0. The number of nitrogens with zero attached hydrogens (tertiary/aromatic N) is 3. The molecule has 2 aliphatic rings. The van der Waals surface area contributed by atoms with Crippen molar-refractivity contribution < 1.29 is 4.74 Å². The van der Waals surface area contributed by atoms with Crippen LogP contribution >= 0.6 is 0 Å². The van der Waals surface area contributed by atoms with E-state index in [1.165, 1.54) is 25.0 Å². The van der Waals surface area contributed by atoms with Gasteiger partial charge in [0.2, 0.25) is 0 Å². The molecule has 0 amide bonds. The van der Waals surface area contributed by atoms with Crippen LogP contribution in [0.5, 0.6) is 0 Å². The van der Waals surface area contributed by atoms with Crippen molar-refractivity contribution in [2.75, 3.05) is 19.8 Å². The normalized spacial score (nSPS) is 25.5. The van der Waals surface area contributed by atoms with E-state index in [-0.39, 0.29) is 0 Å². The third kappa shape index (κ3) is 2.41. The van der Waals surface area contributed by atoms with Crippen molar-refractivity contribution in [3.63, 3.8) is 0 Å². The van der Waals surface area contributed by atoms with Crippen LogP contribution in [0.3, 0.4) is 0 Å². The van der Waals surface area contributed by atoms with Crippen molar-refractivity contribution in [2.45, 2.75) is 51.0 Å². The molecular weight excluding hydrogens is 240 g/mol. The van der Waals surface area contributed by atoms with E-state index in [4.69, 9.17) is 10.5 Å². The van der Waals surface area contributed by atoms with Crippen LogP contribution in [0.25, 0.3) is 0 Å². The molecule has 2 N–H and O–H groups in total. The van der Waals surface area contributed by atoms with Gasteiger partial charge in [-0.05, 0) is 38.6 Å². The average molecular weight is 264 g/mol. The number of hydrogen-bond donors (Lipinski definition) is 1. The minimum absolute atomic E-state index is 0.457. The first-order valence-electron chi connectivity index (χ1n) is 7.53. The van der Waals surface area contributed by atoms with Gasteiger partial charge in [0.05, 0.1) is 24.0 Å². The maximum Gasteiger partial charge on any atom is 0.0875 e. The van der Waals surface area contributed by atoms with Gasteiger partial charge in [0, 0.05) is 18.9 Å². The zero-order valence-electron chi connectivity index (χ0n) is 11.7. The summed E-state index contributed by atoms with van der Waals surface area (Å²) in [7, 11) is 0. The second kappa shape index (κ2) is 5.59. The maximum atomic E-state index is 5.70. The zero-order valence-corrected chi connectivity index (χ0v) is 11.7. The van der Waals surface area contributed by atoms with E-state index in [1.807, 2.05) is 0 Å². The van der Waals surface area contributed by atoms with Crippen LogP contribution in [0.15, 0.2) is 0 Å². The molecule has 2 fully saturated rings. The van der Waals surface area contributed by atoms with E-state index in [0.29, 0.717) is 18.5 Å². The highest BCUT2D eigenvalue weighted by atomic mass is 16.5. The SMILES string of the molecule is CC(C1CCC1)n1nnc(CCN)c1C1CCOC1. The molecule has 1 aromatic heterocycles. The second-order valence-corrected chi connectivity index (χ2v) is 5.90. The largest absolute Gasteiger partial charge is 0.381 e. The first-order valence-corrected chi connectivity index (χ1v) is 7.53. The van der Waals surface area contributed by atoms with Crippen molar-refractivity contribution in [3.05, 3.63) is 11.4 Å². The summed E-state index contributed by atoms with van der Waals surface area (Å²) in [6.45, 7) is 4.58. The summed E-state index contributed by atoms with van der Waals surface area (Å²) in [4.78, 5) is 0. The average Bonchev–Trinajstić information content (AvgIpc) is 2.94. The Labute approximate surface area is 114 Å². The van der Waals surface area contributed by atoms with Crippen LogP contribution in [0.2, 0.25) is 0 Å². The molecule has 19 heavy (non-hydrogen) atoms. The molecule has 3 rings (SSSR count). The van der Waals surface area contributed by atoms with Gasteiger partial charge in [-0.25, -0.2) is 4.68 Å². The van der Waals surface area contributed by atoms with Crippen LogP contribution < -0.4 is 5.73 Å². The van der Waals surface area contributed by atoms with Crippen LogP contribution in [0.4, 0.5) is 0 Å². The standard InChI is InChI=1S/C14H24N4O/c1-10(11-3-2-4-11)18-14(12-6-8-19-9-12)13(5-7-15)16-17-18/h10-12H,2-9,15H2,1H3. The molecule has 1 aliphatic heterocycles. The van der Waals surface area contributed by atoms with E-state index in [1.54, 1.807) is 0 Å². The van der Waals surface area contributed by atoms with E-state index in [0.717, 1.165) is 37.7 Å². The minimum Gasteiger partial charge on any atom is -0.381 e. The van der Waals surface area contributed by atoms with Gasteiger partial charge in [-0.2, -0.15) is 0 Å². The third-order valence-electron chi connectivity index (χ3n) is 4.72. The Bertz CT molecular complexity index is 421. The molecule has 0 bridgehead atoms. The van der Waals surface area contributed by atoms with Crippen molar-refractivity contribution >= 4 is 0 Å². The van der Waals surface area contributed by atoms with Gasteiger partial charge in [-0.1, -0.05) is 11.6 Å². The molecule has 5 heteroatoms. The maximum absolute atomic E-state index is 5.70. The predicted molar refractivity (Wildman–Crippen MR) is 73.0 cm³/mol. The van der Waals surface area contributed by atoms with Crippen LogP contribution in [-0.4, -0.2) is 34.8 Å². The molecule has 2 unspecified atom stereocenters. The number of ether oxygens (including phenoxy) is 1. The Morgan fingerprint density at radius 2 is 2.26 bits per heavy atom. The monoisotopic (exact) mass is 264 g/mol. The Morgan fingerprint density at radius 1 is 1.42 bits per heavy atom. The zero-order chi connectivity index (χ0) is 13.2. The highest BCUT2D eigenvalue weighted by Gasteiger charge is 2.32. The molecule has 0 aromatic carbocycles. The first kappa shape index (κ1) is 13.1. The fourth-order valence-electron chi connectivity index (χ4n) is 3.24. The summed E-state index contributed by atoms with van der Waals surface area (Å²) < 4.78 is 7.72. The molecule has 0 radical (unpaired) electrons. The van der Waals surface area contributed by atoms with Gasteiger partial charge >= 0.3 is 0 Å². The fraction of sp³-hybridized carbons (Fsp3) is 0.857. The number of nitrogens with two attached hydrogens (primary N) is 1. The van der Waals surface area contributed by atoms with Gasteiger partial charge in [0.25, 0.3) is 0 Å². The molecule has 1 aliphatic carbocycles. The van der Waals surface area contributed by atoms with Crippen LogP contribution in [0.1, 0.15) is 56.0 Å². The van der Waals surface area contributed by atoms with E-state index in [2.05, 4.69) is 21.9 Å². The molecule has 2 heterocycles. The molecule has 1 saturated heterocycles. The van der Waals surface area contributed by atoms with Gasteiger partial charge in [0.1, 0.15) is 0 Å². The minimum atomic E-state index is 0.457. The third-order valence-corrected chi connectivity index (χ3v) is 4.72. The number of aromatic nitrogens is 3. The van der Waals surface area contributed by atoms with E-state index < -0.39 is 0 Å². The lowest BCUT2D eigenvalue weighted by Crippen LogP contribution is -2.26. The Morgan fingerprint density at radius 3 is 2.84 bits per heavy atom. The Hall–Kier alpha value is -0.940. The highest BCUT2D eigenvalue weighted by molar-refractivity contribution is 5.18. The van der Waals surface area contributed by atoms with Crippen LogP contribution in [0, 0.1) is 5.92 Å². The quantitative estimate of drug-likeness (QED) is 0.878. The summed E-state index contributed by atoms with van der Waals surface area (Å²) in [5.41, 5.74) is 8.08. The van der Waals surface area contributed by atoms with Crippen molar-refractivity contribution in [1.82, 2.24) is 15.0 Å². The molecule has 1 aromatic rings. The van der Waals surface area contributed by atoms with Crippen LogP contribution in [-0.2, 0) is 11.2 Å². The van der Waals surface area contributed by atoms with Gasteiger partial charge in [-0.15, -0.1) is 5.10 Å². The Kier molecular flexibility index (Phi) is 3.84. The fourth-order valence-corrected chi connectivity index (χ4v) is 3.24. The second-order valence-electron chi connectivity index (χ2n) is 5.90. The van der Waals surface area contributed by atoms with Gasteiger partial charge < -0.3 is 10.5 Å². The molecule has 106 valence electrons. The number of hydrogen-bond acceptors (Lipinski definition) is 4. The van der Waals surface area contributed by atoms with E-state index >= 15 is 0 Å². The summed E-state index contributed by atoms with van der Waals surface area (Å²) in [5, 5.41) is 8.83. The Balaban J connectivity index is 1.88. The molecule has 1 saturated carbocycles. The predicted octanol–water partition coefficient (Wildman–Crippen LogP) is 1.64. The van der Waals surface area contributed by atoms with Gasteiger partial charge in [0.15, 0.2) is 0 Å². The van der Waals surface area contributed by atoms with E-state index in [9.17, 15) is 0 Å². The molecular formula is C14H24N4O. The number of rotatable bonds is 5. The van der Waals surface area contributed by atoms with Crippen molar-refractivity contribution in [3.8, 4) is 0 Å². The molecule has 0 spiro atoms. The molecule has 5 nitrogen and oxygen atoms in total. The summed E-state index contributed by atoms with van der Waals surface area (Å²) in [6, 6.07) is 0.461. The van der Waals surface area contributed by atoms with Gasteiger partial charge in [-0.3, -0.25) is 0 Å². The van der Waals surface area contributed by atoms with Crippen molar-refractivity contribution in [2.24, 2.45) is 11.7 Å². The lowest BCUT2D eigenvalue weighted by atomic mass is 9.80. The summed E-state index contributed by atoms with van der Waals surface area (Å²) in [5.74, 6) is 1.23. The highest BCUT2D eigenvalue weighted by Crippen LogP contribution is 2.38. The topological polar surface area (TPSA) is 66.0 Å². The molecule has 2 atom stereocenters. The van der Waals surface area contributed by atoms with Crippen molar-refractivity contribution in [1.29, 1.82) is 0 Å². The smallest absolute Gasteiger partial charge is 0.0875 e. The lowest BCUT2D eigenvalue weighted by molar-refractivity contribution is 0.186.